The molecule has 30 heavy (non-hydrogen) atoms. The van der Waals surface area contributed by atoms with Crippen molar-refractivity contribution in [3.8, 4) is 17.1 Å². The maximum Gasteiger partial charge on any atom is 0.157 e. The summed E-state index contributed by atoms with van der Waals surface area (Å²) < 4.78 is 21.6. The van der Waals surface area contributed by atoms with Crippen LogP contribution < -0.4 is 15.4 Å². The number of halogens is 1. The van der Waals surface area contributed by atoms with Crippen molar-refractivity contribution in [1.29, 1.82) is 0 Å². The van der Waals surface area contributed by atoms with Gasteiger partial charge in [-0.2, -0.15) is 5.10 Å². The zero-order valence-electron chi connectivity index (χ0n) is 16.9. The number of anilines is 1. The highest BCUT2D eigenvalue weighted by Crippen LogP contribution is 2.44. The summed E-state index contributed by atoms with van der Waals surface area (Å²) in [6, 6.07) is 5.90. The molecule has 3 aromatic heterocycles. The first-order valence-electron chi connectivity index (χ1n) is 10.8. The van der Waals surface area contributed by atoms with E-state index in [1.165, 1.54) is 18.4 Å². The van der Waals surface area contributed by atoms with E-state index >= 15 is 0 Å². The van der Waals surface area contributed by atoms with Crippen molar-refractivity contribution in [1.82, 2.24) is 24.9 Å². The second kappa shape index (κ2) is 6.91. The van der Waals surface area contributed by atoms with E-state index in [1.54, 1.807) is 7.11 Å². The second-order valence-electron chi connectivity index (χ2n) is 8.66. The number of hydrogen-bond acceptors (Lipinski definition) is 6. The summed E-state index contributed by atoms with van der Waals surface area (Å²) in [7, 11) is 1.68. The fourth-order valence-electron chi connectivity index (χ4n) is 4.28. The molecule has 0 spiro atoms. The van der Waals surface area contributed by atoms with E-state index in [4.69, 9.17) is 14.8 Å². The molecule has 0 aromatic carbocycles. The predicted octanol–water partition coefficient (Wildman–Crippen LogP) is 3.28. The zero-order chi connectivity index (χ0) is 20.2. The lowest BCUT2D eigenvalue weighted by Gasteiger charge is -2.16. The molecule has 2 aliphatic carbocycles. The second-order valence-corrected chi connectivity index (χ2v) is 8.66. The van der Waals surface area contributed by atoms with Crippen LogP contribution in [0, 0.1) is 0 Å². The summed E-state index contributed by atoms with van der Waals surface area (Å²) in [5.74, 6) is 2.53. The van der Waals surface area contributed by atoms with Gasteiger partial charge in [-0.1, -0.05) is 0 Å². The fourth-order valence-corrected chi connectivity index (χ4v) is 4.28. The van der Waals surface area contributed by atoms with Crippen LogP contribution in [0.4, 0.5) is 10.2 Å². The number of alkyl halides is 1. The molecule has 1 unspecified atom stereocenters. The van der Waals surface area contributed by atoms with E-state index in [0.29, 0.717) is 24.9 Å². The number of imidazole rings is 1. The summed E-state index contributed by atoms with van der Waals surface area (Å²) in [6.07, 6.45) is 5.56. The molecule has 3 aromatic rings. The largest absolute Gasteiger partial charge is 0.495 e. The van der Waals surface area contributed by atoms with Crippen LogP contribution in [0.2, 0.25) is 0 Å². The van der Waals surface area contributed by atoms with Gasteiger partial charge in [-0.25, -0.2) is 18.9 Å². The minimum absolute atomic E-state index is 0.258. The van der Waals surface area contributed by atoms with E-state index in [2.05, 4.69) is 27.8 Å². The molecule has 2 N–H and O–H groups in total. The van der Waals surface area contributed by atoms with Crippen molar-refractivity contribution in [2.45, 2.75) is 49.7 Å². The molecule has 0 amide bonds. The number of nitrogens with one attached hydrogen (secondary N) is 2. The molecule has 3 aliphatic rings. The summed E-state index contributed by atoms with van der Waals surface area (Å²) >= 11 is 0. The summed E-state index contributed by atoms with van der Waals surface area (Å²) in [4.78, 5) is 9.38. The Morgan fingerprint density at radius 2 is 1.97 bits per heavy atom. The number of rotatable bonds is 6. The van der Waals surface area contributed by atoms with Gasteiger partial charge in [0.1, 0.15) is 29.1 Å². The molecular formula is C22H25FN6O. The van der Waals surface area contributed by atoms with E-state index in [-0.39, 0.29) is 6.04 Å². The smallest absolute Gasteiger partial charge is 0.157 e. The third-order valence-corrected chi connectivity index (χ3v) is 6.30. The lowest BCUT2D eigenvalue weighted by atomic mass is 10.1. The number of fused-ring (bicyclic) bond motifs is 1. The van der Waals surface area contributed by atoms with Crippen molar-refractivity contribution < 1.29 is 9.13 Å². The molecule has 7 nitrogen and oxygen atoms in total. The Bertz CT molecular complexity index is 1110. The van der Waals surface area contributed by atoms with Crippen LogP contribution in [0.15, 0.2) is 24.4 Å². The number of methoxy groups -OCH3 is 1. The van der Waals surface area contributed by atoms with Gasteiger partial charge in [0.2, 0.25) is 0 Å². The fraction of sp³-hybridized carbons (Fsp3) is 0.500. The first kappa shape index (κ1) is 18.1. The minimum Gasteiger partial charge on any atom is -0.495 e. The van der Waals surface area contributed by atoms with Crippen LogP contribution in [0.1, 0.15) is 48.8 Å². The Labute approximate surface area is 174 Å². The molecule has 0 bridgehead atoms. The van der Waals surface area contributed by atoms with E-state index in [1.807, 2.05) is 16.8 Å². The maximum atomic E-state index is 14.1. The molecule has 2 saturated carbocycles. The first-order valence-corrected chi connectivity index (χ1v) is 10.8. The SMILES string of the molecule is COc1cc2ncc(-c3cc(C4CC4)cc(N[C@H]4CNCC4F)n3)n2nc1C1CC1. The zero-order valence-corrected chi connectivity index (χ0v) is 16.9. The molecular weight excluding hydrogens is 383 g/mol. The van der Waals surface area contributed by atoms with Crippen LogP contribution in [0.3, 0.4) is 0 Å². The standard InChI is InChI=1S/C22H25FN6O/c1-30-19-8-21-25-11-18(29(21)28-22(19)13-4-5-13)16-6-14(12-2-3-12)7-20(26-16)27-17-10-24-9-15(17)23/h6-8,11-13,15,17,24H,2-5,9-10H2,1H3,(H,26,27)/t15?,17-/m0/s1. The van der Waals surface area contributed by atoms with Crippen molar-refractivity contribution in [3.05, 3.63) is 35.7 Å². The Morgan fingerprint density at radius 1 is 1.13 bits per heavy atom. The van der Waals surface area contributed by atoms with Gasteiger partial charge in [-0.3, -0.25) is 0 Å². The topological polar surface area (TPSA) is 76.4 Å². The van der Waals surface area contributed by atoms with E-state index in [0.717, 1.165) is 47.1 Å². The molecule has 4 heterocycles. The third-order valence-electron chi connectivity index (χ3n) is 6.30. The van der Waals surface area contributed by atoms with Crippen molar-refractivity contribution in [2.75, 3.05) is 25.5 Å². The van der Waals surface area contributed by atoms with E-state index in [9.17, 15) is 4.39 Å². The van der Waals surface area contributed by atoms with Gasteiger partial charge in [0.25, 0.3) is 0 Å². The maximum absolute atomic E-state index is 14.1. The van der Waals surface area contributed by atoms with Crippen LogP contribution in [-0.2, 0) is 0 Å². The summed E-state index contributed by atoms with van der Waals surface area (Å²) in [6.45, 7) is 0.989. The Balaban J connectivity index is 1.43. The minimum atomic E-state index is -0.911. The number of pyridine rings is 1. The number of aromatic nitrogens is 4. The average molecular weight is 408 g/mol. The van der Waals surface area contributed by atoms with Crippen LogP contribution in [0.25, 0.3) is 17.0 Å². The lowest BCUT2D eigenvalue weighted by Crippen LogP contribution is -2.29. The summed E-state index contributed by atoms with van der Waals surface area (Å²) in [5, 5.41) is 11.3. The third kappa shape index (κ3) is 3.19. The number of ether oxygens (including phenoxy) is 1. The van der Waals surface area contributed by atoms with Gasteiger partial charge in [-0.05, 0) is 49.3 Å². The monoisotopic (exact) mass is 408 g/mol. The highest BCUT2D eigenvalue weighted by Gasteiger charge is 2.31. The molecule has 2 atom stereocenters. The normalized spacial score (nSPS) is 23.8. The van der Waals surface area contributed by atoms with Crippen molar-refractivity contribution in [2.24, 2.45) is 0 Å². The van der Waals surface area contributed by atoms with Crippen LogP contribution >= 0.6 is 0 Å². The quantitative estimate of drug-likeness (QED) is 0.652. The molecule has 6 rings (SSSR count). The molecule has 156 valence electrons. The van der Waals surface area contributed by atoms with E-state index < -0.39 is 6.17 Å². The van der Waals surface area contributed by atoms with Gasteiger partial charge in [0, 0.05) is 25.1 Å². The Morgan fingerprint density at radius 3 is 2.67 bits per heavy atom. The van der Waals surface area contributed by atoms with Crippen molar-refractivity contribution in [3.63, 3.8) is 0 Å². The predicted molar refractivity (Wildman–Crippen MR) is 112 cm³/mol. The molecule has 1 aliphatic heterocycles. The number of hydrogen-bond donors (Lipinski definition) is 2. The average Bonchev–Trinajstić information content (AvgIpc) is 3.68. The van der Waals surface area contributed by atoms with Crippen LogP contribution in [-0.4, -0.2) is 52.0 Å². The highest BCUT2D eigenvalue weighted by atomic mass is 19.1. The summed E-state index contributed by atoms with van der Waals surface area (Å²) in [5.41, 5.74) is 4.63. The number of nitrogens with zero attached hydrogens (tertiary/aromatic N) is 4. The van der Waals surface area contributed by atoms with Gasteiger partial charge in [0.15, 0.2) is 5.65 Å². The molecule has 1 saturated heterocycles. The molecule has 3 fully saturated rings. The molecule has 8 heteroatoms. The van der Waals surface area contributed by atoms with Gasteiger partial charge >= 0.3 is 0 Å². The lowest BCUT2D eigenvalue weighted by molar-refractivity contribution is 0.342. The van der Waals surface area contributed by atoms with Crippen molar-refractivity contribution >= 4 is 11.5 Å². The highest BCUT2D eigenvalue weighted by molar-refractivity contribution is 5.64. The van der Waals surface area contributed by atoms with Crippen LogP contribution in [0.5, 0.6) is 5.75 Å². The molecule has 0 radical (unpaired) electrons. The van der Waals surface area contributed by atoms with Gasteiger partial charge < -0.3 is 15.4 Å². The van der Waals surface area contributed by atoms with Gasteiger partial charge in [-0.15, -0.1) is 0 Å². The Kier molecular flexibility index (Phi) is 4.16. The Hall–Kier alpha value is -2.74. The van der Waals surface area contributed by atoms with Gasteiger partial charge in [0.05, 0.1) is 25.0 Å². The first-order chi connectivity index (χ1) is 14.7.